The second-order valence-corrected chi connectivity index (χ2v) is 8.29. The van der Waals surface area contributed by atoms with Crippen LogP contribution in [0.3, 0.4) is 0 Å². The number of hydrogen-bond acceptors (Lipinski definition) is 4. The van der Waals surface area contributed by atoms with E-state index in [4.69, 9.17) is 4.74 Å². The Morgan fingerprint density at radius 3 is 2.68 bits per heavy atom. The van der Waals surface area contributed by atoms with Crippen LogP contribution in [0.25, 0.3) is 0 Å². The number of ether oxygens (including phenoxy) is 1. The molecule has 2 amide bonds. The molecule has 28 heavy (non-hydrogen) atoms. The average molecular weight is 384 g/mol. The van der Waals surface area contributed by atoms with E-state index < -0.39 is 18.0 Å². The summed E-state index contributed by atoms with van der Waals surface area (Å²) >= 11 is 0. The van der Waals surface area contributed by atoms with Crippen LogP contribution in [0.1, 0.15) is 56.6 Å². The fraction of sp³-hybridized carbons (Fsp3) is 0.591. The van der Waals surface area contributed by atoms with Gasteiger partial charge in [0.2, 0.25) is 5.91 Å². The van der Waals surface area contributed by atoms with Crippen molar-refractivity contribution >= 4 is 23.5 Å². The van der Waals surface area contributed by atoms with Crippen molar-refractivity contribution in [3.63, 3.8) is 0 Å². The molecule has 2 fully saturated rings. The molecule has 2 atom stereocenters. The van der Waals surface area contributed by atoms with Gasteiger partial charge in [-0.05, 0) is 62.3 Å². The first-order valence-corrected chi connectivity index (χ1v) is 10.4. The maximum Gasteiger partial charge on any atom is 0.312 e. The van der Waals surface area contributed by atoms with Gasteiger partial charge >= 0.3 is 5.97 Å². The molecule has 0 bridgehead atoms. The molecule has 0 spiro atoms. The Morgan fingerprint density at radius 1 is 1.14 bits per heavy atom. The number of fused-ring (bicyclic) bond motifs is 1. The van der Waals surface area contributed by atoms with Crippen LogP contribution < -0.4 is 5.32 Å². The molecule has 1 saturated heterocycles. The molecule has 1 heterocycles. The highest BCUT2D eigenvalue weighted by molar-refractivity contribution is 5.96. The van der Waals surface area contributed by atoms with Crippen LogP contribution in [0.15, 0.2) is 18.2 Å². The number of anilines is 1. The summed E-state index contributed by atoms with van der Waals surface area (Å²) in [4.78, 5) is 39.0. The first-order valence-electron chi connectivity index (χ1n) is 10.4. The zero-order valence-electron chi connectivity index (χ0n) is 16.4. The molecule has 1 N–H and O–H groups in total. The minimum absolute atomic E-state index is 0.0316. The summed E-state index contributed by atoms with van der Waals surface area (Å²) in [5, 5.41) is 2.84. The van der Waals surface area contributed by atoms with E-state index in [0.29, 0.717) is 6.54 Å². The number of amides is 2. The minimum Gasteiger partial charge on any atom is -0.452 e. The van der Waals surface area contributed by atoms with Crippen molar-refractivity contribution in [2.24, 2.45) is 5.92 Å². The van der Waals surface area contributed by atoms with Crippen molar-refractivity contribution in [1.82, 2.24) is 4.90 Å². The van der Waals surface area contributed by atoms with Crippen molar-refractivity contribution in [2.45, 2.75) is 70.4 Å². The molecule has 1 aromatic carbocycles. The van der Waals surface area contributed by atoms with E-state index in [-0.39, 0.29) is 24.3 Å². The van der Waals surface area contributed by atoms with Gasteiger partial charge in [0.25, 0.3) is 5.91 Å². The third-order valence-electron chi connectivity index (χ3n) is 6.29. The Labute approximate surface area is 165 Å². The quantitative estimate of drug-likeness (QED) is 0.792. The number of hydrogen-bond donors (Lipinski definition) is 1. The van der Waals surface area contributed by atoms with Crippen LogP contribution in [0, 0.1) is 5.92 Å². The standard InChI is InChI=1S/C22H28N2O4/c1-14(21(26)23-18-10-9-15-5-4-6-16(15)11-18)28-22(27)17-12-20(25)24(13-17)19-7-2-3-8-19/h9-11,14,17,19H,2-8,12-13H2,1H3,(H,23,26)/t14-,17+/m0/s1. The normalized spacial score (nSPS) is 23.0. The van der Waals surface area contributed by atoms with Gasteiger partial charge in [0.15, 0.2) is 6.10 Å². The highest BCUT2D eigenvalue weighted by atomic mass is 16.5. The number of nitrogens with zero attached hydrogens (tertiary/aromatic N) is 1. The summed E-state index contributed by atoms with van der Waals surface area (Å²) in [6.07, 6.45) is 6.91. The van der Waals surface area contributed by atoms with Crippen LogP contribution in [-0.2, 0) is 32.0 Å². The van der Waals surface area contributed by atoms with Crippen molar-refractivity contribution in [2.75, 3.05) is 11.9 Å². The lowest BCUT2D eigenvalue weighted by atomic mass is 10.1. The number of benzene rings is 1. The zero-order chi connectivity index (χ0) is 19.7. The molecule has 6 nitrogen and oxygen atoms in total. The van der Waals surface area contributed by atoms with E-state index in [1.165, 1.54) is 11.1 Å². The second kappa shape index (κ2) is 7.94. The van der Waals surface area contributed by atoms with E-state index >= 15 is 0 Å². The summed E-state index contributed by atoms with van der Waals surface area (Å²) in [6.45, 7) is 1.99. The molecule has 2 aliphatic carbocycles. The van der Waals surface area contributed by atoms with Crippen LogP contribution >= 0.6 is 0 Å². The van der Waals surface area contributed by atoms with Crippen molar-refractivity contribution in [3.05, 3.63) is 29.3 Å². The van der Waals surface area contributed by atoms with Gasteiger partial charge in [-0.2, -0.15) is 0 Å². The maximum absolute atomic E-state index is 12.5. The molecule has 3 aliphatic rings. The summed E-state index contributed by atoms with van der Waals surface area (Å²) in [5.41, 5.74) is 3.35. The predicted octanol–water partition coefficient (Wildman–Crippen LogP) is 2.84. The Hall–Kier alpha value is -2.37. The summed E-state index contributed by atoms with van der Waals surface area (Å²) < 4.78 is 5.39. The largest absolute Gasteiger partial charge is 0.452 e. The van der Waals surface area contributed by atoms with Crippen LogP contribution in [0.5, 0.6) is 0 Å². The maximum atomic E-state index is 12.5. The lowest BCUT2D eigenvalue weighted by Gasteiger charge is -2.24. The molecule has 0 radical (unpaired) electrons. The summed E-state index contributed by atoms with van der Waals surface area (Å²) in [7, 11) is 0. The minimum atomic E-state index is -0.892. The SMILES string of the molecule is C[C@H](OC(=O)[C@@H]1CC(=O)N(C2CCCC2)C1)C(=O)Nc1ccc2c(c1)CCC2. The number of nitrogens with one attached hydrogen (secondary N) is 1. The molecule has 0 unspecified atom stereocenters. The number of likely N-dealkylation sites (tertiary alicyclic amines) is 1. The lowest BCUT2D eigenvalue weighted by Crippen LogP contribution is -2.36. The molecular formula is C22H28N2O4. The molecule has 0 aromatic heterocycles. The molecule has 6 heteroatoms. The van der Waals surface area contributed by atoms with Crippen LogP contribution in [0.4, 0.5) is 5.69 Å². The van der Waals surface area contributed by atoms with E-state index in [1.54, 1.807) is 6.92 Å². The fourth-order valence-electron chi connectivity index (χ4n) is 4.68. The second-order valence-electron chi connectivity index (χ2n) is 8.29. The van der Waals surface area contributed by atoms with Crippen molar-refractivity contribution < 1.29 is 19.1 Å². The molecule has 4 rings (SSSR count). The Kier molecular flexibility index (Phi) is 5.38. The lowest BCUT2D eigenvalue weighted by molar-refractivity contribution is -0.157. The Morgan fingerprint density at radius 2 is 1.89 bits per heavy atom. The Bertz CT molecular complexity index is 785. The molecular weight excluding hydrogens is 356 g/mol. The van der Waals surface area contributed by atoms with Gasteiger partial charge in [-0.1, -0.05) is 18.9 Å². The van der Waals surface area contributed by atoms with Gasteiger partial charge in [-0.25, -0.2) is 0 Å². The number of carbonyl (C=O) groups excluding carboxylic acids is 3. The van der Waals surface area contributed by atoms with Gasteiger partial charge in [0, 0.05) is 24.7 Å². The summed E-state index contributed by atoms with van der Waals surface area (Å²) in [5.74, 6) is -1.24. The molecule has 1 saturated carbocycles. The number of rotatable bonds is 5. The Balaban J connectivity index is 1.30. The monoisotopic (exact) mass is 384 g/mol. The van der Waals surface area contributed by atoms with Gasteiger partial charge in [0.05, 0.1) is 5.92 Å². The number of aryl methyl sites for hydroxylation is 2. The first kappa shape index (κ1) is 19.0. The number of carbonyl (C=O) groups is 3. The van der Waals surface area contributed by atoms with E-state index in [0.717, 1.165) is 50.6 Å². The van der Waals surface area contributed by atoms with E-state index in [2.05, 4.69) is 11.4 Å². The van der Waals surface area contributed by atoms with Gasteiger partial charge in [-0.3, -0.25) is 14.4 Å². The van der Waals surface area contributed by atoms with Crippen molar-refractivity contribution in [1.29, 1.82) is 0 Å². The highest BCUT2D eigenvalue weighted by Crippen LogP contribution is 2.30. The van der Waals surface area contributed by atoms with Crippen LogP contribution in [-0.4, -0.2) is 41.4 Å². The third kappa shape index (κ3) is 3.91. The number of esters is 1. The van der Waals surface area contributed by atoms with E-state index in [9.17, 15) is 14.4 Å². The molecule has 1 aliphatic heterocycles. The molecule has 1 aromatic rings. The average Bonchev–Trinajstić information content (AvgIpc) is 3.41. The smallest absolute Gasteiger partial charge is 0.312 e. The van der Waals surface area contributed by atoms with Gasteiger partial charge < -0.3 is 15.0 Å². The van der Waals surface area contributed by atoms with E-state index in [1.807, 2.05) is 17.0 Å². The highest BCUT2D eigenvalue weighted by Gasteiger charge is 2.40. The fourth-order valence-corrected chi connectivity index (χ4v) is 4.68. The summed E-state index contributed by atoms with van der Waals surface area (Å²) in [6, 6.07) is 6.22. The van der Waals surface area contributed by atoms with Crippen molar-refractivity contribution in [3.8, 4) is 0 Å². The zero-order valence-corrected chi connectivity index (χ0v) is 16.4. The van der Waals surface area contributed by atoms with Crippen LogP contribution in [0.2, 0.25) is 0 Å². The van der Waals surface area contributed by atoms with Gasteiger partial charge in [0.1, 0.15) is 0 Å². The van der Waals surface area contributed by atoms with Gasteiger partial charge in [-0.15, -0.1) is 0 Å². The topological polar surface area (TPSA) is 75.7 Å². The molecule has 150 valence electrons. The predicted molar refractivity (Wildman–Crippen MR) is 105 cm³/mol. The third-order valence-corrected chi connectivity index (χ3v) is 6.29. The first-order chi connectivity index (χ1) is 13.5.